The van der Waals surface area contributed by atoms with E-state index in [9.17, 15) is 13.2 Å². The number of pyridine rings is 1. The summed E-state index contributed by atoms with van der Waals surface area (Å²) in [5, 5.41) is 0.297. The van der Waals surface area contributed by atoms with Gasteiger partial charge in [-0.25, -0.2) is 18.4 Å². The van der Waals surface area contributed by atoms with Gasteiger partial charge in [0, 0.05) is 37.9 Å². The molecule has 1 aliphatic heterocycles. The predicted molar refractivity (Wildman–Crippen MR) is 110 cm³/mol. The fraction of sp³-hybridized carbons (Fsp3) is 0.278. The third-order valence-electron chi connectivity index (χ3n) is 4.45. The molecule has 1 amide bonds. The maximum atomic E-state index is 12.9. The summed E-state index contributed by atoms with van der Waals surface area (Å²) in [7, 11) is -3.38. The van der Waals surface area contributed by atoms with Crippen molar-refractivity contribution < 1.29 is 13.2 Å². The third-order valence-corrected chi connectivity index (χ3v) is 6.08. The number of amides is 1. The molecule has 0 bridgehead atoms. The quantitative estimate of drug-likeness (QED) is 0.698. The highest BCUT2D eigenvalue weighted by Gasteiger charge is 2.23. The fourth-order valence-electron chi connectivity index (χ4n) is 3.12. The first kappa shape index (κ1) is 18.6. The van der Waals surface area contributed by atoms with Crippen molar-refractivity contribution in [3.8, 4) is 0 Å². The Morgan fingerprint density at radius 3 is 2.61 bits per heavy atom. The van der Waals surface area contributed by atoms with Crippen LogP contribution < -0.4 is 9.62 Å². The molecule has 1 fully saturated rings. The molecule has 8 nitrogen and oxygen atoms in total. The van der Waals surface area contributed by atoms with E-state index in [1.54, 1.807) is 24.4 Å². The lowest BCUT2D eigenvalue weighted by Gasteiger charge is -2.35. The van der Waals surface area contributed by atoms with Crippen LogP contribution in [0.3, 0.4) is 0 Å². The molecule has 1 saturated heterocycles. The summed E-state index contributed by atoms with van der Waals surface area (Å²) in [6.07, 6.45) is 2.85. The van der Waals surface area contributed by atoms with Gasteiger partial charge in [-0.05, 0) is 30.3 Å². The van der Waals surface area contributed by atoms with E-state index in [1.807, 2.05) is 23.1 Å². The number of hydrogen-bond acceptors (Lipinski definition) is 7. The smallest absolute Gasteiger partial charge is 0.254 e. The summed E-state index contributed by atoms with van der Waals surface area (Å²) in [6, 6.07) is 11.1. The summed E-state index contributed by atoms with van der Waals surface area (Å²) < 4.78 is 25.9. The average molecular weight is 418 g/mol. The maximum Gasteiger partial charge on any atom is 0.254 e. The van der Waals surface area contributed by atoms with Crippen LogP contribution in [-0.2, 0) is 10.0 Å². The van der Waals surface area contributed by atoms with E-state index in [2.05, 4.69) is 19.6 Å². The van der Waals surface area contributed by atoms with Gasteiger partial charge in [-0.15, -0.1) is 0 Å². The van der Waals surface area contributed by atoms with Gasteiger partial charge in [0.05, 0.1) is 16.5 Å². The van der Waals surface area contributed by atoms with E-state index in [4.69, 9.17) is 0 Å². The number of carbonyl (C=O) groups is 1. The number of piperazine rings is 1. The molecule has 2 aromatic heterocycles. The third kappa shape index (κ3) is 4.07. The zero-order valence-corrected chi connectivity index (χ0v) is 16.8. The number of sulfonamides is 1. The molecular weight excluding hydrogens is 398 g/mol. The molecule has 4 rings (SSSR count). The first-order chi connectivity index (χ1) is 13.4. The van der Waals surface area contributed by atoms with Gasteiger partial charge < -0.3 is 9.80 Å². The number of benzene rings is 1. The van der Waals surface area contributed by atoms with E-state index < -0.39 is 10.0 Å². The Morgan fingerprint density at radius 2 is 1.93 bits per heavy atom. The Labute approximate surface area is 166 Å². The van der Waals surface area contributed by atoms with Crippen LogP contribution in [0, 0.1) is 0 Å². The minimum Gasteiger partial charge on any atom is -0.353 e. The number of fused-ring (bicyclic) bond motifs is 1. The lowest BCUT2D eigenvalue weighted by molar-refractivity contribution is 0.0746. The lowest BCUT2D eigenvalue weighted by Crippen LogP contribution is -2.49. The van der Waals surface area contributed by atoms with E-state index in [0.29, 0.717) is 29.3 Å². The van der Waals surface area contributed by atoms with Crippen LogP contribution in [0.2, 0.25) is 0 Å². The number of rotatable bonds is 4. The minimum atomic E-state index is -3.38. The van der Waals surface area contributed by atoms with E-state index in [0.717, 1.165) is 29.9 Å². The van der Waals surface area contributed by atoms with Gasteiger partial charge in [-0.1, -0.05) is 17.4 Å². The van der Waals surface area contributed by atoms with Crippen LogP contribution in [-0.4, -0.2) is 61.6 Å². The van der Waals surface area contributed by atoms with Gasteiger partial charge in [-0.2, -0.15) is 0 Å². The molecule has 10 heteroatoms. The van der Waals surface area contributed by atoms with E-state index >= 15 is 0 Å². The number of aromatic nitrogens is 2. The number of thiazole rings is 1. The Morgan fingerprint density at radius 1 is 1.14 bits per heavy atom. The number of nitrogens with zero attached hydrogens (tertiary/aromatic N) is 4. The summed E-state index contributed by atoms with van der Waals surface area (Å²) in [5.41, 5.74) is 1.24. The van der Waals surface area contributed by atoms with Gasteiger partial charge >= 0.3 is 0 Å². The molecule has 1 aliphatic rings. The summed E-state index contributed by atoms with van der Waals surface area (Å²) in [5.74, 6) is 0.889. The Kier molecular flexibility index (Phi) is 4.90. The molecule has 0 saturated carbocycles. The molecule has 1 aromatic carbocycles. The standard InChI is InChI=1S/C18H19N5O3S2/c1-28(25,26)21-18-20-14-6-5-13(12-15(14)27-18)17(24)23-10-8-22(9-11-23)16-4-2-3-7-19-16/h2-7,12H,8-11H2,1H3,(H,20,21). The molecular formula is C18H19N5O3S2. The molecule has 0 unspecified atom stereocenters. The van der Waals surface area contributed by atoms with Crippen LogP contribution in [0.15, 0.2) is 42.6 Å². The average Bonchev–Trinajstić information content (AvgIpc) is 3.07. The molecule has 0 radical (unpaired) electrons. The van der Waals surface area contributed by atoms with Gasteiger partial charge in [-0.3, -0.25) is 9.52 Å². The number of anilines is 2. The highest BCUT2D eigenvalue weighted by Crippen LogP contribution is 2.28. The molecule has 0 atom stereocenters. The van der Waals surface area contributed by atoms with E-state index in [-0.39, 0.29) is 5.91 Å². The largest absolute Gasteiger partial charge is 0.353 e. The van der Waals surface area contributed by atoms with E-state index in [1.165, 1.54) is 11.3 Å². The van der Waals surface area contributed by atoms with Crippen LogP contribution in [0.4, 0.5) is 10.9 Å². The van der Waals surface area contributed by atoms with Crippen molar-refractivity contribution in [2.75, 3.05) is 42.1 Å². The van der Waals surface area contributed by atoms with Gasteiger partial charge in [0.15, 0.2) is 5.13 Å². The zero-order chi connectivity index (χ0) is 19.7. The molecule has 3 aromatic rings. The highest BCUT2D eigenvalue weighted by molar-refractivity contribution is 7.92. The molecule has 146 valence electrons. The van der Waals surface area contributed by atoms with Gasteiger partial charge in [0.2, 0.25) is 10.0 Å². The van der Waals surface area contributed by atoms with Crippen molar-refractivity contribution in [2.24, 2.45) is 0 Å². The van der Waals surface area contributed by atoms with Crippen LogP contribution >= 0.6 is 11.3 Å². The number of nitrogens with one attached hydrogen (secondary N) is 1. The molecule has 1 N–H and O–H groups in total. The SMILES string of the molecule is CS(=O)(=O)Nc1nc2ccc(C(=O)N3CCN(c4ccccn4)CC3)cc2s1. The van der Waals surface area contributed by atoms with Crippen molar-refractivity contribution in [1.82, 2.24) is 14.9 Å². The normalized spacial score (nSPS) is 15.0. The van der Waals surface area contributed by atoms with Crippen molar-refractivity contribution in [3.63, 3.8) is 0 Å². The molecule has 28 heavy (non-hydrogen) atoms. The summed E-state index contributed by atoms with van der Waals surface area (Å²) >= 11 is 1.21. The first-order valence-electron chi connectivity index (χ1n) is 8.73. The molecule has 3 heterocycles. The molecule has 0 spiro atoms. The van der Waals surface area contributed by atoms with Crippen molar-refractivity contribution in [2.45, 2.75) is 0 Å². The zero-order valence-electron chi connectivity index (χ0n) is 15.2. The van der Waals surface area contributed by atoms with Crippen LogP contribution in [0.25, 0.3) is 10.2 Å². The van der Waals surface area contributed by atoms with Crippen LogP contribution in [0.1, 0.15) is 10.4 Å². The summed E-state index contributed by atoms with van der Waals surface area (Å²) in [4.78, 5) is 25.5. The highest BCUT2D eigenvalue weighted by atomic mass is 32.2. The predicted octanol–water partition coefficient (Wildman–Crippen LogP) is 2.03. The van der Waals surface area contributed by atoms with Gasteiger partial charge in [0.1, 0.15) is 5.82 Å². The fourth-order valence-corrected chi connectivity index (χ4v) is 4.86. The Balaban J connectivity index is 1.47. The Bertz CT molecular complexity index is 1110. The van der Waals surface area contributed by atoms with Crippen molar-refractivity contribution >= 4 is 48.4 Å². The topological polar surface area (TPSA) is 95.5 Å². The van der Waals surface area contributed by atoms with Crippen LogP contribution in [0.5, 0.6) is 0 Å². The minimum absolute atomic E-state index is 0.0337. The lowest BCUT2D eigenvalue weighted by atomic mass is 10.1. The maximum absolute atomic E-state index is 12.9. The van der Waals surface area contributed by atoms with Crippen molar-refractivity contribution in [1.29, 1.82) is 0 Å². The number of hydrogen-bond donors (Lipinski definition) is 1. The second-order valence-electron chi connectivity index (χ2n) is 6.54. The second kappa shape index (κ2) is 7.36. The van der Waals surface area contributed by atoms with Gasteiger partial charge in [0.25, 0.3) is 5.91 Å². The second-order valence-corrected chi connectivity index (χ2v) is 9.32. The first-order valence-corrected chi connectivity index (χ1v) is 11.4. The summed E-state index contributed by atoms with van der Waals surface area (Å²) in [6.45, 7) is 2.70. The monoisotopic (exact) mass is 417 g/mol. The Hall–Kier alpha value is -2.72. The molecule has 0 aliphatic carbocycles. The van der Waals surface area contributed by atoms with Crippen molar-refractivity contribution in [3.05, 3.63) is 48.2 Å². The number of carbonyl (C=O) groups excluding carboxylic acids is 1.